The lowest BCUT2D eigenvalue weighted by molar-refractivity contribution is -0.116. The summed E-state index contributed by atoms with van der Waals surface area (Å²) in [5.41, 5.74) is 9.56. The van der Waals surface area contributed by atoms with E-state index in [-0.39, 0.29) is 24.0 Å². The van der Waals surface area contributed by atoms with E-state index in [1.807, 2.05) is 39.0 Å². The molecule has 1 amide bonds. The van der Waals surface area contributed by atoms with Crippen LogP contribution in [-0.4, -0.2) is 15.5 Å². The number of benzene rings is 1. The molecule has 0 unspecified atom stereocenters. The molecular weight excluding hydrogens is 292 g/mol. The molecular formula is C17H22N4O2. The number of hydrogen-bond donors (Lipinski definition) is 2. The van der Waals surface area contributed by atoms with E-state index in [0.717, 1.165) is 16.8 Å². The van der Waals surface area contributed by atoms with Crippen molar-refractivity contribution in [2.75, 3.05) is 11.1 Å². The maximum absolute atomic E-state index is 12.3. The van der Waals surface area contributed by atoms with Gasteiger partial charge in [0.25, 0.3) is 5.56 Å². The molecule has 2 rings (SSSR count). The molecule has 0 saturated heterocycles. The van der Waals surface area contributed by atoms with Crippen molar-refractivity contribution in [2.24, 2.45) is 0 Å². The summed E-state index contributed by atoms with van der Waals surface area (Å²) in [6, 6.07) is 5.75. The van der Waals surface area contributed by atoms with E-state index in [2.05, 4.69) is 10.3 Å². The van der Waals surface area contributed by atoms with Crippen molar-refractivity contribution >= 4 is 17.5 Å². The molecule has 122 valence electrons. The van der Waals surface area contributed by atoms with Gasteiger partial charge in [0.1, 0.15) is 6.54 Å². The molecule has 0 aliphatic heterocycles. The van der Waals surface area contributed by atoms with Crippen LogP contribution in [0.25, 0.3) is 0 Å². The molecule has 23 heavy (non-hydrogen) atoms. The molecule has 0 aliphatic carbocycles. The maximum atomic E-state index is 12.3. The van der Waals surface area contributed by atoms with Crippen LogP contribution in [0, 0.1) is 20.8 Å². The molecule has 1 aromatic heterocycles. The summed E-state index contributed by atoms with van der Waals surface area (Å²) in [6.07, 6.45) is 0.626. The summed E-state index contributed by atoms with van der Waals surface area (Å²) in [4.78, 5) is 28.8. The molecule has 0 fully saturated rings. The number of carbonyl (C=O) groups is 1. The summed E-state index contributed by atoms with van der Waals surface area (Å²) >= 11 is 0. The minimum atomic E-state index is -0.309. The normalized spacial score (nSPS) is 10.6. The van der Waals surface area contributed by atoms with Crippen molar-refractivity contribution < 1.29 is 4.79 Å². The third-order valence-electron chi connectivity index (χ3n) is 3.82. The zero-order valence-corrected chi connectivity index (χ0v) is 13.9. The number of nitrogens with two attached hydrogens (primary N) is 1. The molecule has 0 saturated carbocycles. The number of amides is 1. The highest BCUT2D eigenvalue weighted by Crippen LogP contribution is 2.16. The lowest BCUT2D eigenvalue weighted by Gasteiger charge is -2.13. The van der Waals surface area contributed by atoms with Gasteiger partial charge in [-0.1, -0.05) is 24.6 Å². The SMILES string of the molecule is CCc1nc(N)n(CC(=O)Nc2ccc(C)cc2C)c(=O)c1C. The van der Waals surface area contributed by atoms with Crippen molar-refractivity contribution in [1.29, 1.82) is 0 Å². The van der Waals surface area contributed by atoms with Crippen LogP contribution in [0.2, 0.25) is 0 Å². The Morgan fingerprint density at radius 1 is 1.30 bits per heavy atom. The van der Waals surface area contributed by atoms with E-state index in [9.17, 15) is 9.59 Å². The standard InChI is InChI=1S/C17H22N4O2/c1-5-13-12(4)16(23)21(17(18)20-13)9-15(22)19-14-7-6-10(2)8-11(14)3/h6-8H,5,9H2,1-4H3,(H2,18,20)(H,19,22). The number of nitrogens with zero attached hydrogens (tertiary/aromatic N) is 2. The van der Waals surface area contributed by atoms with Gasteiger partial charge in [-0.3, -0.25) is 14.2 Å². The van der Waals surface area contributed by atoms with Crippen molar-refractivity contribution in [3.05, 3.63) is 50.9 Å². The lowest BCUT2D eigenvalue weighted by atomic mass is 10.1. The van der Waals surface area contributed by atoms with Gasteiger partial charge in [0.2, 0.25) is 11.9 Å². The minimum absolute atomic E-state index is 0.0632. The van der Waals surface area contributed by atoms with Crippen LogP contribution >= 0.6 is 0 Å². The molecule has 3 N–H and O–H groups in total. The molecule has 0 atom stereocenters. The van der Waals surface area contributed by atoms with Crippen LogP contribution in [0.5, 0.6) is 0 Å². The summed E-state index contributed by atoms with van der Waals surface area (Å²) in [6.45, 7) is 7.36. The number of anilines is 2. The quantitative estimate of drug-likeness (QED) is 0.902. The van der Waals surface area contributed by atoms with E-state index in [1.54, 1.807) is 6.92 Å². The van der Waals surface area contributed by atoms with Crippen LogP contribution < -0.4 is 16.6 Å². The van der Waals surface area contributed by atoms with Gasteiger partial charge in [0.05, 0.1) is 5.69 Å². The fourth-order valence-corrected chi connectivity index (χ4v) is 2.50. The molecule has 1 heterocycles. The fourth-order valence-electron chi connectivity index (χ4n) is 2.50. The Morgan fingerprint density at radius 3 is 2.61 bits per heavy atom. The number of rotatable bonds is 4. The van der Waals surface area contributed by atoms with E-state index in [0.29, 0.717) is 17.7 Å². The molecule has 6 nitrogen and oxygen atoms in total. The fraction of sp³-hybridized carbons (Fsp3) is 0.353. The van der Waals surface area contributed by atoms with Crippen molar-refractivity contribution in [3.63, 3.8) is 0 Å². The zero-order chi connectivity index (χ0) is 17.1. The largest absolute Gasteiger partial charge is 0.369 e. The van der Waals surface area contributed by atoms with Gasteiger partial charge in [-0.2, -0.15) is 0 Å². The van der Waals surface area contributed by atoms with Crippen LogP contribution in [0.3, 0.4) is 0 Å². The van der Waals surface area contributed by atoms with Crippen LogP contribution in [0.1, 0.15) is 29.3 Å². The van der Waals surface area contributed by atoms with Gasteiger partial charge in [-0.15, -0.1) is 0 Å². The predicted molar refractivity (Wildman–Crippen MR) is 91.6 cm³/mol. The van der Waals surface area contributed by atoms with Crippen molar-refractivity contribution in [3.8, 4) is 0 Å². The second kappa shape index (κ2) is 6.64. The number of hydrogen-bond acceptors (Lipinski definition) is 4. The van der Waals surface area contributed by atoms with E-state index < -0.39 is 0 Å². The molecule has 0 bridgehead atoms. The van der Waals surface area contributed by atoms with Gasteiger partial charge in [-0.05, 0) is 38.8 Å². The Hall–Kier alpha value is -2.63. The molecule has 1 aromatic carbocycles. The topological polar surface area (TPSA) is 90.0 Å². The van der Waals surface area contributed by atoms with E-state index >= 15 is 0 Å². The summed E-state index contributed by atoms with van der Waals surface area (Å²) in [7, 11) is 0. The monoisotopic (exact) mass is 314 g/mol. The first-order valence-electron chi connectivity index (χ1n) is 7.56. The smallest absolute Gasteiger partial charge is 0.258 e. The van der Waals surface area contributed by atoms with Gasteiger partial charge < -0.3 is 11.1 Å². The zero-order valence-electron chi connectivity index (χ0n) is 13.9. The maximum Gasteiger partial charge on any atom is 0.258 e. The molecule has 6 heteroatoms. The highest BCUT2D eigenvalue weighted by molar-refractivity contribution is 5.91. The van der Waals surface area contributed by atoms with Crippen LogP contribution in [0.15, 0.2) is 23.0 Å². The molecule has 0 radical (unpaired) electrons. The Bertz CT molecular complexity index is 809. The summed E-state index contributed by atoms with van der Waals surface area (Å²) in [5.74, 6) is -0.246. The Labute approximate surface area is 135 Å². The summed E-state index contributed by atoms with van der Waals surface area (Å²) < 4.78 is 1.20. The first-order valence-corrected chi connectivity index (χ1v) is 7.56. The molecule has 2 aromatic rings. The van der Waals surface area contributed by atoms with Gasteiger partial charge in [0.15, 0.2) is 0 Å². The molecule has 0 spiro atoms. The second-order valence-corrected chi connectivity index (χ2v) is 5.65. The summed E-state index contributed by atoms with van der Waals surface area (Å²) in [5, 5.41) is 2.81. The molecule has 0 aliphatic rings. The van der Waals surface area contributed by atoms with E-state index in [4.69, 9.17) is 5.73 Å². The average molecular weight is 314 g/mol. The highest BCUT2D eigenvalue weighted by Gasteiger charge is 2.14. The van der Waals surface area contributed by atoms with E-state index in [1.165, 1.54) is 4.57 Å². The third kappa shape index (κ3) is 3.59. The number of aromatic nitrogens is 2. The Balaban J connectivity index is 2.24. The third-order valence-corrected chi connectivity index (χ3v) is 3.82. The number of nitrogen functional groups attached to an aromatic ring is 1. The first-order chi connectivity index (χ1) is 10.8. The van der Waals surface area contributed by atoms with Crippen LogP contribution in [0.4, 0.5) is 11.6 Å². The van der Waals surface area contributed by atoms with Crippen molar-refractivity contribution in [1.82, 2.24) is 9.55 Å². The second-order valence-electron chi connectivity index (χ2n) is 5.65. The highest BCUT2D eigenvalue weighted by atomic mass is 16.2. The Kier molecular flexibility index (Phi) is 4.83. The first kappa shape index (κ1) is 16.7. The Morgan fingerprint density at radius 2 is 2.00 bits per heavy atom. The number of carbonyl (C=O) groups excluding carboxylic acids is 1. The van der Waals surface area contributed by atoms with Gasteiger partial charge >= 0.3 is 0 Å². The number of nitrogens with one attached hydrogen (secondary N) is 1. The average Bonchev–Trinajstić information content (AvgIpc) is 2.50. The lowest BCUT2D eigenvalue weighted by Crippen LogP contribution is -2.32. The van der Waals surface area contributed by atoms with Crippen LogP contribution in [-0.2, 0) is 17.8 Å². The van der Waals surface area contributed by atoms with Gasteiger partial charge in [0, 0.05) is 11.3 Å². The predicted octanol–water partition coefficient (Wildman–Crippen LogP) is 1.95. The number of aryl methyl sites for hydroxylation is 3. The van der Waals surface area contributed by atoms with Gasteiger partial charge in [-0.25, -0.2) is 4.98 Å². The van der Waals surface area contributed by atoms with Crippen molar-refractivity contribution in [2.45, 2.75) is 40.7 Å². The minimum Gasteiger partial charge on any atom is -0.369 e.